The van der Waals surface area contributed by atoms with Crippen molar-refractivity contribution in [2.75, 3.05) is 21.3 Å². The molecule has 28 nitrogen and oxygen atoms in total. The van der Waals surface area contributed by atoms with Crippen LogP contribution in [0.5, 0.6) is 0 Å². The number of carboxylic acids is 2. The number of carboxylic acid groups (broad SMARTS) is 2. The molecule has 18 rings (SSSR count). The molecule has 720 valence electrons. The second-order valence-electron chi connectivity index (χ2n) is 34.2. The lowest BCUT2D eigenvalue weighted by Crippen LogP contribution is -2.41. The van der Waals surface area contributed by atoms with Crippen LogP contribution in [0.25, 0.3) is 55.9 Å². The molecule has 4 atom stereocenters. The van der Waals surface area contributed by atoms with Gasteiger partial charge >= 0.3 is 11.9 Å². The Morgan fingerprint density at radius 1 is 0.401 bits per heavy atom. The van der Waals surface area contributed by atoms with E-state index in [0.717, 1.165) is 87.9 Å². The molecular weight excluding hydrogens is 1910 g/mol. The molecule has 16 aromatic rings. The van der Waals surface area contributed by atoms with Gasteiger partial charge in [0.05, 0.1) is 54.8 Å². The van der Waals surface area contributed by atoms with Gasteiger partial charge in [0.25, 0.3) is 0 Å². The zero-order chi connectivity index (χ0) is 101. The van der Waals surface area contributed by atoms with Gasteiger partial charge in [0, 0.05) is 86.2 Å². The Hall–Kier alpha value is -16.2. The van der Waals surface area contributed by atoms with E-state index in [1.54, 1.807) is 91.9 Å². The topological polar surface area (TPSA) is 386 Å². The minimum Gasteiger partial charge on any atom is -0.618 e. The van der Waals surface area contributed by atoms with Gasteiger partial charge in [-0.15, -0.1) is 10.2 Å². The fourth-order valence-corrected chi connectivity index (χ4v) is 16.9. The number of amides is 4. The quantitative estimate of drug-likeness (QED) is 0.0115. The van der Waals surface area contributed by atoms with E-state index < -0.39 is 58.9 Å². The summed E-state index contributed by atoms with van der Waals surface area (Å²) in [4.78, 5) is 75.4. The molecule has 0 bridgehead atoms. The lowest BCUT2D eigenvalue weighted by molar-refractivity contribution is -0.620. The number of rotatable bonds is 28. The molecule has 0 saturated heterocycles. The number of carbonyl (C=O) groups excluding carboxylic acids is 4. The summed E-state index contributed by atoms with van der Waals surface area (Å²) in [5, 5.41) is 106. The Bertz CT molecular complexity index is 6960. The highest BCUT2D eigenvalue weighted by atomic mass is 35.5. The first-order chi connectivity index (χ1) is 68.3. The lowest BCUT2D eigenvalue weighted by Gasteiger charge is -2.19. The van der Waals surface area contributed by atoms with Crippen molar-refractivity contribution < 1.29 is 75.5 Å². The fraction of sp³-hybridized carbons (Fsp3) is 0.170. The maximum Gasteiger partial charge on any atom is 0.335 e. The highest BCUT2D eigenvalue weighted by Crippen LogP contribution is 2.43. The molecule has 0 radical (unpaired) electrons. The Balaban J connectivity index is 0.000000143. The normalized spacial score (nSPS) is 12.8. The molecular formula is C106H88Cl4F4N16O12. The SMILES string of the molecule is Cc1ccc(NC(=O)C(Cc2ccccc2)c2cc(C)c(-c3c(F)ccc(Cl)c3F)c[n+]2[O-])cc1.Cc1ccc(NC(=O)C(Cc2ccccc2)c2ccc(-c3c(F)ccc(Cl)c3F)c(C)[n+]2[O-])cc1.O=C(O)c1ccc(NC(=O)[C@@H](CC2CC2)c2ccc(-c3cc(Cl)ccc3-n3cnnn3)c[n+]2[O-])cc1.O=C(O)c1ccc(NC(=O)[C@H](CC2CC2)c2ccc(-c3cc(Cl)ccc3-n3cnnn3)c[n+]2[O-])cc1. The summed E-state index contributed by atoms with van der Waals surface area (Å²) in [6, 6.07) is 71.1. The molecule has 6 aromatic heterocycles. The van der Waals surface area contributed by atoms with Gasteiger partial charge in [-0.2, -0.15) is 28.3 Å². The van der Waals surface area contributed by atoms with Crippen molar-refractivity contribution in [3.05, 3.63) is 424 Å². The third-order valence-corrected chi connectivity index (χ3v) is 25.2. The van der Waals surface area contributed by atoms with Crippen LogP contribution >= 0.6 is 46.4 Å². The minimum absolute atomic E-state index is 0.0590. The van der Waals surface area contributed by atoms with Gasteiger partial charge < -0.3 is 52.3 Å². The van der Waals surface area contributed by atoms with Crippen molar-refractivity contribution in [2.45, 2.75) is 103 Å². The number of carbonyl (C=O) groups is 6. The number of aryl methyl sites for hydroxylation is 3. The molecule has 10 aromatic carbocycles. The van der Waals surface area contributed by atoms with E-state index in [0.29, 0.717) is 118 Å². The van der Waals surface area contributed by atoms with Crippen molar-refractivity contribution in [2.24, 2.45) is 11.8 Å². The fourth-order valence-electron chi connectivity index (χ4n) is 16.2. The van der Waals surface area contributed by atoms with Crippen LogP contribution in [0.4, 0.5) is 40.3 Å². The number of tetrazole rings is 2. The van der Waals surface area contributed by atoms with E-state index in [4.69, 9.17) is 56.6 Å². The highest BCUT2D eigenvalue weighted by molar-refractivity contribution is 6.32. The van der Waals surface area contributed by atoms with Crippen molar-refractivity contribution in [1.82, 2.24) is 40.4 Å². The molecule has 4 amide bonds. The standard InChI is InChI=1S/2C28H23ClF2N2O2.2C25H21ClN6O4/c1-17-8-10-20(11-9-17)32-28(34)22(16-19-6-4-3-5-7-19)25-15-12-21(18(2)33(25)35)26-24(30)14-13-23(29)27(26)31;1-17-8-10-20(11-9-17)32-28(34)21(15-19-6-4-3-5-7-19)25-14-18(2)22(16-33(25)35)26-24(30)13-12-23(29)27(26)31;2*26-18-6-10-22(31-14-27-29-30-31)20(12-18)17-5-9-23(32(36)13-17)21(11-15-1-2-15)24(33)28-19-7-3-16(4-8-19)25(34)35/h3-15,22H,16H2,1-2H3,(H,32,34);3-14,16,21H,15H2,1-2H3,(H,32,34);2*3-10,12-15,21H,1-2,11H2,(H,28,33)(H,34,35)/t;;2*21-/m..10/s1. The molecule has 2 saturated carbocycles. The van der Waals surface area contributed by atoms with Gasteiger partial charge in [0.2, 0.25) is 46.4 Å². The third-order valence-electron chi connectivity index (χ3n) is 24.1. The Morgan fingerprint density at radius 2 is 0.768 bits per heavy atom. The maximum atomic E-state index is 14.7. The van der Waals surface area contributed by atoms with Crippen LogP contribution in [0.15, 0.2) is 292 Å². The summed E-state index contributed by atoms with van der Waals surface area (Å²) in [6.45, 7) is 6.99. The van der Waals surface area contributed by atoms with Crippen LogP contribution in [0.3, 0.4) is 0 Å². The summed E-state index contributed by atoms with van der Waals surface area (Å²) < 4.78 is 63.8. The van der Waals surface area contributed by atoms with Crippen molar-refractivity contribution in [3.8, 4) is 55.9 Å². The van der Waals surface area contributed by atoms with Crippen LogP contribution in [-0.2, 0) is 32.0 Å². The number of nitrogens with zero attached hydrogens (tertiary/aromatic N) is 12. The third kappa shape index (κ3) is 24.7. The summed E-state index contributed by atoms with van der Waals surface area (Å²) in [7, 11) is 0. The number of nitrogens with one attached hydrogen (secondary N) is 4. The lowest BCUT2D eigenvalue weighted by atomic mass is 9.92. The molecule has 2 fully saturated rings. The van der Waals surface area contributed by atoms with Gasteiger partial charge in [-0.25, -0.2) is 27.2 Å². The van der Waals surface area contributed by atoms with E-state index in [1.165, 1.54) is 108 Å². The van der Waals surface area contributed by atoms with Gasteiger partial charge in [-0.3, -0.25) is 19.2 Å². The second kappa shape index (κ2) is 45.2. The van der Waals surface area contributed by atoms with E-state index >= 15 is 0 Å². The van der Waals surface area contributed by atoms with Crippen LogP contribution in [-0.4, -0.2) is 86.2 Å². The smallest absolute Gasteiger partial charge is 0.335 e. The Morgan fingerprint density at radius 3 is 1.14 bits per heavy atom. The predicted octanol–water partition coefficient (Wildman–Crippen LogP) is 20.7. The number of aromatic carboxylic acids is 2. The molecule has 2 aliphatic carbocycles. The average Bonchev–Trinajstić information content (AvgIpc) is 1.39. The van der Waals surface area contributed by atoms with E-state index in [2.05, 4.69) is 52.3 Å². The van der Waals surface area contributed by atoms with E-state index in [9.17, 15) is 67.2 Å². The van der Waals surface area contributed by atoms with Gasteiger partial charge in [0.15, 0.2) is 35.9 Å². The average molecular weight is 2000 g/mol. The monoisotopic (exact) mass is 1990 g/mol. The first-order valence-corrected chi connectivity index (χ1v) is 46.2. The molecule has 142 heavy (non-hydrogen) atoms. The number of aromatic nitrogens is 12. The number of anilines is 4. The van der Waals surface area contributed by atoms with Gasteiger partial charge in [-0.05, 0) is 247 Å². The van der Waals surface area contributed by atoms with Crippen LogP contribution in [0, 0.1) is 83.6 Å². The Labute approximate surface area is 830 Å². The second-order valence-corrected chi connectivity index (χ2v) is 35.9. The van der Waals surface area contributed by atoms with E-state index in [-0.39, 0.29) is 97.0 Å². The molecule has 2 aliphatic rings. The van der Waals surface area contributed by atoms with Crippen molar-refractivity contribution >= 4 is 105 Å². The molecule has 0 spiro atoms. The first kappa shape index (κ1) is 100. The predicted molar refractivity (Wildman–Crippen MR) is 528 cm³/mol. The summed E-state index contributed by atoms with van der Waals surface area (Å²) in [5.41, 5.74) is 10.9. The largest absolute Gasteiger partial charge is 0.618 e. The van der Waals surface area contributed by atoms with Crippen molar-refractivity contribution in [3.63, 3.8) is 0 Å². The van der Waals surface area contributed by atoms with Gasteiger partial charge in [-0.1, -0.05) is 168 Å². The Kier molecular flexibility index (Phi) is 31.9. The van der Waals surface area contributed by atoms with Crippen LogP contribution in [0.1, 0.15) is 139 Å². The first-order valence-electron chi connectivity index (χ1n) is 44.7. The van der Waals surface area contributed by atoms with E-state index in [1.807, 2.05) is 98.8 Å². The summed E-state index contributed by atoms with van der Waals surface area (Å²) in [6.07, 6.45) is 12.5. The molecule has 36 heteroatoms. The van der Waals surface area contributed by atoms with Crippen LogP contribution < -0.4 is 40.2 Å². The highest BCUT2D eigenvalue weighted by Gasteiger charge is 2.39. The number of halogens is 8. The molecule has 2 unspecified atom stereocenters. The van der Waals surface area contributed by atoms with Crippen molar-refractivity contribution in [1.29, 1.82) is 0 Å². The molecule has 6 N–H and O–H groups in total. The maximum absolute atomic E-state index is 14.7. The zero-order valence-corrected chi connectivity index (χ0v) is 79.2. The number of hydrogen-bond acceptors (Lipinski definition) is 16. The minimum atomic E-state index is -1.05. The van der Waals surface area contributed by atoms with Gasteiger partial charge in [0.1, 0.15) is 48.0 Å². The zero-order valence-electron chi connectivity index (χ0n) is 76.2. The number of pyridine rings is 4. The summed E-state index contributed by atoms with van der Waals surface area (Å²) in [5.74, 6) is -9.28. The number of hydrogen-bond donors (Lipinski definition) is 6. The molecule has 0 aliphatic heterocycles. The molecule has 6 heterocycles. The number of benzene rings is 10. The summed E-state index contributed by atoms with van der Waals surface area (Å²) >= 11 is 24.2. The van der Waals surface area contributed by atoms with Crippen LogP contribution in [0.2, 0.25) is 20.1 Å².